The van der Waals surface area contributed by atoms with Gasteiger partial charge >= 0.3 is 11.9 Å². The molecule has 0 radical (unpaired) electrons. The standard InChI is InChI=1S/C18H24O4/c19-15(21-17-9-1-3-13(17)7-11-17)5-6-16(20)22-18-10-2-4-14(18)8-12-18/h5-6,13-14H,1-4,7-12H2/b6-5+. The van der Waals surface area contributed by atoms with Crippen molar-refractivity contribution in [1.29, 1.82) is 0 Å². The van der Waals surface area contributed by atoms with Gasteiger partial charge in [0, 0.05) is 12.2 Å². The van der Waals surface area contributed by atoms with Crippen LogP contribution in [-0.4, -0.2) is 23.1 Å². The highest BCUT2D eigenvalue weighted by Crippen LogP contribution is 2.53. The maximum absolute atomic E-state index is 12.0. The van der Waals surface area contributed by atoms with Gasteiger partial charge in [-0.15, -0.1) is 0 Å². The van der Waals surface area contributed by atoms with Crippen molar-refractivity contribution in [2.24, 2.45) is 11.8 Å². The molecule has 120 valence electrons. The molecule has 4 saturated carbocycles. The SMILES string of the molecule is O=C(/C=C/C(=O)OC12CCCC1CC2)OC12CCCC1CC2. The molecule has 4 nitrogen and oxygen atoms in total. The van der Waals surface area contributed by atoms with Crippen LogP contribution in [-0.2, 0) is 19.1 Å². The Morgan fingerprint density at radius 3 is 1.50 bits per heavy atom. The van der Waals surface area contributed by atoms with Gasteiger partial charge in [-0.1, -0.05) is 0 Å². The van der Waals surface area contributed by atoms with Crippen molar-refractivity contribution in [3.05, 3.63) is 12.2 Å². The Bertz CT molecular complexity index is 479. The zero-order valence-electron chi connectivity index (χ0n) is 13.0. The molecule has 4 aliphatic rings. The highest BCUT2D eigenvalue weighted by atomic mass is 16.6. The van der Waals surface area contributed by atoms with E-state index < -0.39 is 11.9 Å². The van der Waals surface area contributed by atoms with E-state index >= 15 is 0 Å². The Balaban J connectivity index is 1.30. The van der Waals surface area contributed by atoms with Gasteiger partial charge in [-0.05, 0) is 76.0 Å². The Kier molecular flexibility index (Phi) is 3.31. The second-order valence-corrected chi connectivity index (χ2v) is 7.56. The summed E-state index contributed by atoms with van der Waals surface area (Å²) in [6.07, 6.45) is 13.4. The third-order valence-corrected chi connectivity index (χ3v) is 6.59. The van der Waals surface area contributed by atoms with Crippen LogP contribution in [0.1, 0.15) is 64.2 Å². The first kappa shape index (κ1) is 14.3. The number of ether oxygens (including phenoxy) is 2. The molecule has 4 rings (SSSR count). The molecule has 0 aromatic rings. The highest BCUT2D eigenvalue weighted by Gasteiger charge is 2.53. The third-order valence-electron chi connectivity index (χ3n) is 6.59. The zero-order chi connectivity index (χ0) is 15.2. The van der Waals surface area contributed by atoms with Crippen LogP contribution in [0, 0.1) is 11.8 Å². The van der Waals surface area contributed by atoms with E-state index in [0.717, 1.165) is 38.5 Å². The minimum Gasteiger partial charge on any atom is -0.456 e. The minimum absolute atomic E-state index is 0.214. The summed E-state index contributed by atoms with van der Waals surface area (Å²) in [6, 6.07) is 0. The lowest BCUT2D eigenvalue weighted by Gasteiger charge is -2.44. The second kappa shape index (κ2) is 5.10. The highest BCUT2D eigenvalue weighted by molar-refractivity contribution is 5.92. The average molecular weight is 304 g/mol. The zero-order valence-corrected chi connectivity index (χ0v) is 13.0. The Morgan fingerprint density at radius 1 is 0.727 bits per heavy atom. The predicted octanol–water partition coefficient (Wildman–Crippen LogP) is 3.29. The van der Waals surface area contributed by atoms with Crippen LogP contribution in [0.4, 0.5) is 0 Å². The van der Waals surface area contributed by atoms with Gasteiger partial charge in [0.1, 0.15) is 11.2 Å². The average Bonchev–Trinajstić information content (AvgIpc) is 2.89. The van der Waals surface area contributed by atoms with Crippen molar-refractivity contribution in [1.82, 2.24) is 0 Å². The van der Waals surface area contributed by atoms with E-state index in [1.54, 1.807) is 0 Å². The summed E-state index contributed by atoms with van der Waals surface area (Å²) in [4.78, 5) is 23.9. The number of esters is 2. The number of carbonyl (C=O) groups excluding carboxylic acids is 2. The van der Waals surface area contributed by atoms with E-state index in [4.69, 9.17) is 9.47 Å². The fraction of sp³-hybridized carbons (Fsp3) is 0.778. The molecule has 0 heterocycles. The van der Waals surface area contributed by atoms with E-state index in [1.165, 1.54) is 37.8 Å². The van der Waals surface area contributed by atoms with E-state index in [1.807, 2.05) is 0 Å². The first-order valence-corrected chi connectivity index (χ1v) is 8.76. The van der Waals surface area contributed by atoms with Gasteiger partial charge in [-0.3, -0.25) is 0 Å². The topological polar surface area (TPSA) is 52.6 Å². The van der Waals surface area contributed by atoms with Crippen LogP contribution in [0.15, 0.2) is 12.2 Å². The summed E-state index contributed by atoms with van der Waals surface area (Å²) >= 11 is 0. The number of rotatable bonds is 4. The van der Waals surface area contributed by atoms with Crippen molar-refractivity contribution in [3.8, 4) is 0 Å². The molecule has 0 aromatic carbocycles. The molecule has 4 atom stereocenters. The lowest BCUT2D eigenvalue weighted by Crippen LogP contribution is -2.47. The lowest BCUT2D eigenvalue weighted by atomic mass is 9.71. The smallest absolute Gasteiger partial charge is 0.331 e. The summed E-state index contributed by atoms with van der Waals surface area (Å²) in [5.74, 6) is 0.310. The Labute approximate surface area is 131 Å². The molecule has 4 heteroatoms. The monoisotopic (exact) mass is 304 g/mol. The van der Waals surface area contributed by atoms with Gasteiger partial charge in [-0.25, -0.2) is 9.59 Å². The molecule has 0 N–H and O–H groups in total. The predicted molar refractivity (Wildman–Crippen MR) is 79.9 cm³/mol. The van der Waals surface area contributed by atoms with Crippen molar-refractivity contribution in [2.45, 2.75) is 75.4 Å². The fourth-order valence-corrected chi connectivity index (χ4v) is 5.08. The van der Waals surface area contributed by atoms with Crippen LogP contribution in [0.5, 0.6) is 0 Å². The third kappa shape index (κ3) is 2.19. The molecule has 4 fully saturated rings. The summed E-state index contributed by atoms with van der Waals surface area (Å²) in [6.45, 7) is 0. The number of carbonyl (C=O) groups is 2. The molecule has 0 aromatic heterocycles. The first-order valence-electron chi connectivity index (χ1n) is 8.76. The van der Waals surface area contributed by atoms with E-state index in [-0.39, 0.29) is 11.2 Å². The van der Waals surface area contributed by atoms with Crippen LogP contribution in [0.3, 0.4) is 0 Å². The molecule has 4 unspecified atom stereocenters. The summed E-state index contributed by atoms with van der Waals surface area (Å²) < 4.78 is 11.3. The number of fused-ring (bicyclic) bond motifs is 2. The lowest BCUT2D eigenvalue weighted by molar-refractivity contribution is -0.173. The molecule has 0 amide bonds. The Hall–Kier alpha value is -1.32. The molecular weight excluding hydrogens is 280 g/mol. The van der Waals surface area contributed by atoms with E-state index in [0.29, 0.717) is 11.8 Å². The first-order chi connectivity index (χ1) is 10.6. The van der Waals surface area contributed by atoms with Gasteiger partial charge in [0.05, 0.1) is 0 Å². The quantitative estimate of drug-likeness (QED) is 0.591. The van der Waals surface area contributed by atoms with Crippen LogP contribution >= 0.6 is 0 Å². The fourth-order valence-electron chi connectivity index (χ4n) is 5.08. The maximum atomic E-state index is 12.0. The summed E-state index contributed by atoms with van der Waals surface area (Å²) in [7, 11) is 0. The van der Waals surface area contributed by atoms with Gasteiger partial charge in [0.25, 0.3) is 0 Å². The normalized spacial score (nSPS) is 42.2. The minimum atomic E-state index is -0.391. The molecular formula is C18H24O4. The summed E-state index contributed by atoms with van der Waals surface area (Å²) in [5, 5.41) is 0. The molecule has 0 aliphatic heterocycles. The van der Waals surface area contributed by atoms with Crippen LogP contribution in [0.2, 0.25) is 0 Å². The molecule has 0 bridgehead atoms. The van der Waals surface area contributed by atoms with Crippen molar-refractivity contribution >= 4 is 11.9 Å². The van der Waals surface area contributed by atoms with Crippen LogP contribution in [0.25, 0.3) is 0 Å². The summed E-state index contributed by atoms with van der Waals surface area (Å²) in [5.41, 5.74) is -0.428. The van der Waals surface area contributed by atoms with Gasteiger partial charge in [-0.2, -0.15) is 0 Å². The number of hydrogen-bond donors (Lipinski definition) is 0. The molecule has 0 spiro atoms. The molecule has 22 heavy (non-hydrogen) atoms. The maximum Gasteiger partial charge on any atom is 0.331 e. The van der Waals surface area contributed by atoms with Gasteiger partial charge in [0.15, 0.2) is 0 Å². The van der Waals surface area contributed by atoms with E-state index in [9.17, 15) is 9.59 Å². The number of hydrogen-bond acceptors (Lipinski definition) is 4. The van der Waals surface area contributed by atoms with E-state index in [2.05, 4.69) is 0 Å². The molecule has 0 saturated heterocycles. The van der Waals surface area contributed by atoms with Gasteiger partial charge < -0.3 is 9.47 Å². The Morgan fingerprint density at radius 2 is 1.18 bits per heavy atom. The van der Waals surface area contributed by atoms with Crippen molar-refractivity contribution in [2.75, 3.05) is 0 Å². The van der Waals surface area contributed by atoms with Crippen molar-refractivity contribution in [3.63, 3.8) is 0 Å². The second-order valence-electron chi connectivity index (χ2n) is 7.56. The largest absolute Gasteiger partial charge is 0.456 e. The van der Waals surface area contributed by atoms with Crippen molar-refractivity contribution < 1.29 is 19.1 Å². The van der Waals surface area contributed by atoms with Gasteiger partial charge in [0.2, 0.25) is 0 Å². The van der Waals surface area contributed by atoms with Crippen LogP contribution < -0.4 is 0 Å². The molecule has 4 aliphatic carbocycles.